The highest BCUT2D eigenvalue weighted by atomic mass is 16.5. The van der Waals surface area contributed by atoms with Crippen molar-refractivity contribution >= 4 is 22.5 Å². The van der Waals surface area contributed by atoms with E-state index < -0.39 is 17.1 Å². The van der Waals surface area contributed by atoms with E-state index in [-0.39, 0.29) is 11.7 Å². The van der Waals surface area contributed by atoms with Crippen LogP contribution < -0.4 is 10.0 Å². The molecular weight excluding hydrogens is 496 g/mol. The number of hydrogen-bond acceptors (Lipinski definition) is 6. The molecule has 4 aromatic rings. The number of carbonyl (C=O) groups excluding carboxylic acids is 1. The number of aromatic nitrogens is 5. The molecule has 1 aromatic carbocycles. The van der Waals surface area contributed by atoms with Crippen LogP contribution in [0.3, 0.4) is 0 Å². The Labute approximate surface area is 226 Å². The first-order valence-electron chi connectivity index (χ1n) is 13.6. The molecule has 0 spiro atoms. The molecule has 0 saturated heterocycles. The highest BCUT2D eigenvalue weighted by Crippen LogP contribution is 2.49. The summed E-state index contributed by atoms with van der Waals surface area (Å²) >= 11 is 0. The molecule has 39 heavy (non-hydrogen) atoms. The lowest BCUT2D eigenvalue weighted by atomic mass is 9.79. The van der Waals surface area contributed by atoms with E-state index in [0.717, 1.165) is 49.4 Å². The Kier molecular flexibility index (Phi) is 6.00. The minimum absolute atomic E-state index is 0.0141. The Morgan fingerprint density at radius 2 is 1.92 bits per heavy atom. The minimum Gasteiger partial charge on any atom is -0.618 e. The van der Waals surface area contributed by atoms with Crippen LogP contribution in [0.15, 0.2) is 48.9 Å². The fraction of sp³-hybridized carbons (Fsp3) is 0.448. The van der Waals surface area contributed by atoms with Crippen molar-refractivity contribution in [3.63, 3.8) is 0 Å². The van der Waals surface area contributed by atoms with E-state index in [4.69, 9.17) is 5.10 Å². The summed E-state index contributed by atoms with van der Waals surface area (Å²) in [6.07, 6.45) is 10.8. The first kappa shape index (κ1) is 25.5. The molecule has 0 radical (unpaired) electrons. The molecule has 6 rings (SSSR count). The highest BCUT2D eigenvalue weighted by molar-refractivity contribution is 6.04. The van der Waals surface area contributed by atoms with Crippen molar-refractivity contribution in [2.45, 2.75) is 76.5 Å². The lowest BCUT2D eigenvalue weighted by Gasteiger charge is -2.36. The quantitative estimate of drug-likeness (QED) is 0.256. The Morgan fingerprint density at radius 1 is 1.18 bits per heavy atom. The van der Waals surface area contributed by atoms with Crippen molar-refractivity contribution in [2.75, 3.05) is 5.32 Å². The summed E-state index contributed by atoms with van der Waals surface area (Å²) < 4.78 is 4.18. The second-order valence-electron chi connectivity index (χ2n) is 11.7. The molecular formula is C29H34N6O4. The van der Waals surface area contributed by atoms with Gasteiger partial charge in [0.05, 0.1) is 40.3 Å². The van der Waals surface area contributed by atoms with Gasteiger partial charge in [-0.2, -0.15) is 14.9 Å². The molecule has 0 unspecified atom stereocenters. The molecule has 3 N–H and O–H groups in total. The van der Waals surface area contributed by atoms with E-state index in [1.165, 1.54) is 6.07 Å². The van der Waals surface area contributed by atoms with Crippen LogP contribution in [-0.4, -0.2) is 41.3 Å². The van der Waals surface area contributed by atoms with Gasteiger partial charge in [-0.05, 0) is 76.5 Å². The van der Waals surface area contributed by atoms with Crippen molar-refractivity contribution < 1.29 is 19.7 Å². The number of carbonyl (C=O) groups is 1. The van der Waals surface area contributed by atoms with Gasteiger partial charge < -0.3 is 20.7 Å². The number of anilines is 1. The molecule has 3 aromatic heterocycles. The van der Waals surface area contributed by atoms with Crippen LogP contribution in [0.5, 0.6) is 0 Å². The van der Waals surface area contributed by atoms with E-state index in [2.05, 4.69) is 10.4 Å². The number of nitrogens with one attached hydrogen (secondary N) is 1. The third-order valence-corrected chi connectivity index (χ3v) is 8.32. The van der Waals surface area contributed by atoms with Gasteiger partial charge in [-0.3, -0.25) is 9.48 Å². The van der Waals surface area contributed by atoms with Crippen LogP contribution in [0.2, 0.25) is 0 Å². The number of benzene rings is 1. The number of amides is 1. The van der Waals surface area contributed by atoms with Gasteiger partial charge in [0.15, 0.2) is 5.69 Å². The second kappa shape index (κ2) is 9.17. The number of rotatable bonds is 6. The normalized spacial score (nSPS) is 21.8. The monoisotopic (exact) mass is 530 g/mol. The fourth-order valence-corrected chi connectivity index (χ4v) is 5.68. The maximum atomic E-state index is 13.2. The van der Waals surface area contributed by atoms with Gasteiger partial charge in [0.25, 0.3) is 5.69 Å². The Morgan fingerprint density at radius 3 is 2.59 bits per heavy atom. The SMILES string of the molecule is Cc1cccc(C(=O)Nc2cc3cn(C4CCC(O)(C5CC5)CC4)nc3cc2-n2cc(C(C)(C)O)cn2)[n+]1[O-]. The Bertz CT molecular complexity index is 1550. The van der Waals surface area contributed by atoms with Crippen molar-refractivity contribution in [1.29, 1.82) is 0 Å². The van der Waals surface area contributed by atoms with Crippen LogP contribution in [-0.2, 0) is 5.60 Å². The van der Waals surface area contributed by atoms with E-state index in [1.54, 1.807) is 50.0 Å². The van der Waals surface area contributed by atoms with Gasteiger partial charge in [0.1, 0.15) is 0 Å². The molecule has 2 aliphatic rings. The smallest absolute Gasteiger partial charge is 0.321 e. The maximum absolute atomic E-state index is 13.2. The van der Waals surface area contributed by atoms with Gasteiger partial charge in [0.2, 0.25) is 0 Å². The Hall–Kier alpha value is -3.76. The van der Waals surface area contributed by atoms with E-state index in [9.17, 15) is 20.2 Å². The van der Waals surface area contributed by atoms with E-state index >= 15 is 0 Å². The first-order chi connectivity index (χ1) is 18.5. The Balaban J connectivity index is 1.36. The molecule has 204 valence electrons. The summed E-state index contributed by atoms with van der Waals surface area (Å²) in [6.45, 7) is 5.01. The van der Waals surface area contributed by atoms with Crippen LogP contribution in [0, 0.1) is 18.0 Å². The molecule has 2 saturated carbocycles. The molecule has 10 heteroatoms. The molecule has 0 aliphatic heterocycles. The van der Waals surface area contributed by atoms with Gasteiger partial charge in [-0.25, -0.2) is 4.68 Å². The number of aryl methyl sites for hydroxylation is 1. The predicted molar refractivity (Wildman–Crippen MR) is 145 cm³/mol. The maximum Gasteiger partial charge on any atom is 0.321 e. The van der Waals surface area contributed by atoms with Crippen LogP contribution in [0.4, 0.5) is 5.69 Å². The van der Waals surface area contributed by atoms with Crippen molar-refractivity contribution in [2.24, 2.45) is 5.92 Å². The molecule has 1 amide bonds. The zero-order valence-corrected chi connectivity index (χ0v) is 22.5. The summed E-state index contributed by atoms with van der Waals surface area (Å²) in [6, 6.07) is 8.69. The average Bonchev–Trinajstić information content (AvgIpc) is 3.49. The number of pyridine rings is 1. The number of hydrogen-bond donors (Lipinski definition) is 3. The number of nitrogens with zero attached hydrogens (tertiary/aromatic N) is 5. The summed E-state index contributed by atoms with van der Waals surface area (Å²) in [4.78, 5) is 13.2. The average molecular weight is 531 g/mol. The molecule has 0 bridgehead atoms. The summed E-state index contributed by atoms with van der Waals surface area (Å²) in [5.74, 6) is -0.0869. The van der Waals surface area contributed by atoms with Crippen LogP contribution in [0.25, 0.3) is 16.6 Å². The van der Waals surface area contributed by atoms with Gasteiger partial charge in [-0.1, -0.05) is 0 Å². The highest BCUT2D eigenvalue weighted by Gasteiger charge is 2.45. The predicted octanol–water partition coefficient (Wildman–Crippen LogP) is 3.90. The van der Waals surface area contributed by atoms with Crippen molar-refractivity contribution in [3.8, 4) is 5.69 Å². The van der Waals surface area contributed by atoms with Crippen LogP contribution in [0.1, 0.15) is 80.2 Å². The summed E-state index contributed by atoms with van der Waals surface area (Å²) in [5, 5.41) is 47.0. The number of aliphatic hydroxyl groups is 2. The largest absolute Gasteiger partial charge is 0.618 e. The van der Waals surface area contributed by atoms with Crippen molar-refractivity contribution in [1.82, 2.24) is 19.6 Å². The molecule has 2 aliphatic carbocycles. The lowest BCUT2D eigenvalue weighted by Crippen LogP contribution is -2.39. The zero-order chi connectivity index (χ0) is 27.5. The third-order valence-electron chi connectivity index (χ3n) is 8.32. The molecule has 0 atom stereocenters. The van der Waals surface area contributed by atoms with Crippen LogP contribution >= 0.6 is 0 Å². The van der Waals surface area contributed by atoms with E-state index in [1.807, 2.05) is 23.0 Å². The third kappa shape index (κ3) is 4.79. The zero-order valence-electron chi connectivity index (χ0n) is 22.5. The van der Waals surface area contributed by atoms with Gasteiger partial charge >= 0.3 is 5.91 Å². The molecule has 10 nitrogen and oxygen atoms in total. The van der Waals surface area contributed by atoms with Gasteiger partial charge in [0, 0.05) is 42.4 Å². The topological polar surface area (TPSA) is 132 Å². The summed E-state index contributed by atoms with van der Waals surface area (Å²) in [7, 11) is 0. The first-order valence-corrected chi connectivity index (χ1v) is 13.6. The standard InChI is InChI=1S/C29H34N6O4/c1-18-5-4-6-25(35(18)39)27(36)31-24-13-19-16-33(22-9-11-29(38,12-10-22)20-7-8-20)32-23(19)14-26(24)34-17-21(15-30-34)28(2,3)37/h4-6,13-17,20,22,37-38H,7-12H2,1-3H3,(H,31,36). The molecule has 2 fully saturated rings. The fourth-order valence-electron chi connectivity index (χ4n) is 5.68. The minimum atomic E-state index is -1.09. The lowest BCUT2D eigenvalue weighted by molar-refractivity contribution is -0.614. The second-order valence-corrected chi connectivity index (χ2v) is 11.7. The molecule has 3 heterocycles. The summed E-state index contributed by atoms with van der Waals surface area (Å²) in [5.41, 5.74) is 1.17. The number of fused-ring (bicyclic) bond motifs is 1. The van der Waals surface area contributed by atoms with Gasteiger partial charge in [-0.15, -0.1) is 0 Å². The van der Waals surface area contributed by atoms with Crippen molar-refractivity contribution in [3.05, 3.63) is 71.1 Å². The van der Waals surface area contributed by atoms with E-state index in [0.29, 0.717) is 33.3 Å².